The van der Waals surface area contributed by atoms with Crippen molar-refractivity contribution in [2.75, 3.05) is 0 Å². The molecule has 1 aromatic rings. The molecule has 1 heterocycles. The van der Waals surface area contributed by atoms with E-state index in [-0.39, 0.29) is 5.91 Å². The lowest BCUT2D eigenvalue weighted by atomic mass is 9.94. The van der Waals surface area contributed by atoms with E-state index in [0.29, 0.717) is 5.56 Å². The number of hydrogen-bond acceptors (Lipinski definition) is 2. The van der Waals surface area contributed by atoms with E-state index < -0.39 is 0 Å². The van der Waals surface area contributed by atoms with Gasteiger partial charge in [0.05, 0.1) is 0 Å². The van der Waals surface area contributed by atoms with Crippen LogP contribution in [0.4, 0.5) is 0 Å². The monoisotopic (exact) mass is 228 g/mol. The first-order valence-corrected chi connectivity index (χ1v) is 5.64. The number of aliphatic imine (C=N–C) groups is 1. The smallest absolute Gasteiger partial charge is 0.249 e. The molecule has 0 spiro atoms. The Morgan fingerprint density at radius 3 is 2.53 bits per heavy atom. The van der Waals surface area contributed by atoms with Crippen molar-refractivity contribution in [3.8, 4) is 0 Å². The van der Waals surface area contributed by atoms with E-state index in [1.807, 2.05) is 39.0 Å². The van der Waals surface area contributed by atoms with Crippen LogP contribution in [-0.2, 0) is 0 Å². The number of nitrogens with two attached hydrogens (primary N) is 1. The highest BCUT2D eigenvalue weighted by Gasteiger charge is 2.18. The van der Waals surface area contributed by atoms with Crippen LogP contribution in [0, 0.1) is 6.92 Å². The molecule has 0 bridgehead atoms. The Morgan fingerprint density at radius 1 is 1.29 bits per heavy atom. The van der Waals surface area contributed by atoms with Gasteiger partial charge < -0.3 is 5.73 Å². The molecule has 0 aliphatic carbocycles. The average Bonchev–Trinajstić information content (AvgIpc) is 2.57. The van der Waals surface area contributed by atoms with Gasteiger partial charge in [0, 0.05) is 23.4 Å². The van der Waals surface area contributed by atoms with Crippen LogP contribution in [0.1, 0.15) is 41.8 Å². The minimum Gasteiger partial charge on any atom is -0.366 e. The molecule has 88 valence electrons. The number of primary amides is 1. The van der Waals surface area contributed by atoms with Gasteiger partial charge in [0.25, 0.3) is 0 Å². The number of allylic oxidation sites excluding steroid dienone is 2. The minimum atomic E-state index is -0.381. The summed E-state index contributed by atoms with van der Waals surface area (Å²) in [5, 5.41) is 0. The molecular weight excluding hydrogens is 212 g/mol. The third-order valence-corrected chi connectivity index (χ3v) is 2.99. The van der Waals surface area contributed by atoms with Crippen LogP contribution >= 0.6 is 0 Å². The molecule has 2 rings (SSSR count). The summed E-state index contributed by atoms with van der Waals surface area (Å²) >= 11 is 0. The van der Waals surface area contributed by atoms with E-state index in [4.69, 9.17) is 5.73 Å². The number of hydrogen-bond donors (Lipinski definition) is 1. The fraction of sp³-hybridized carbons (Fsp3) is 0.286. The van der Waals surface area contributed by atoms with Gasteiger partial charge in [0.15, 0.2) is 0 Å². The Labute approximate surface area is 101 Å². The normalized spacial score (nSPS) is 15.1. The average molecular weight is 228 g/mol. The summed E-state index contributed by atoms with van der Waals surface area (Å²) in [6.07, 6.45) is 0.801. The van der Waals surface area contributed by atoms with E-state index >= 15 is 0 Å². The van der Waals surface area contributed by atoms with Crippen molar-refractivity contribution in [1.29, 1.82) is 0 Å². The standard InChI is InChI=1S/C14H16N2O/c1-8-4-5-11(13(6-8)14(15)17)12-7-9(2)16-10(12)3/h4-6H,7H2,1-3H3,(H2,15,17). The van der Waals surface area contributed by atoms with Gasteiger partial charge in [-0.1, -0.05) is 17.7 Å². The quantitative estimate of drug-likeness (QED) is 0.831. The van der Waals surface area contributed by atoms with Crippen molar-refractivity contribution >= 4 is 17.2 Å². The molecule has 0 fully saturated rings. The summed E-state index contributed by atoms with van der Waals surface area (Å²) in [7, 11) is 0. The molecule has 3 nitrogen and oxygen atoms in total. The van der Waals surface area contributed by atoms with Gasteiger partial charge in [-0.15, -0.1) is 0 Å². The van der Waals surface area contributed by atoms with Crippen LogP contribution < -0.4 is 5.73 Å². The largest absolute Gasteiger partial charge is 0.366 e. The summed E-state index contributed by atoms with van der Waals surface area (Å²) in [5.41, 5.74) is 11.1. The van der Waals surface area contributed by atoms with E-state index in [2.05, 4.69) is 4.99 Å². The Hall–Kier alpha value is -1.90. The van der Waals surface area contributed by atoms with E-state index in [1.54, 1.807) is 0 Å². The van der Waals surface area contributed by atoms with E-state index in [1.165, 1.54) is 0 Å². The fourth-order valence-electron chi connectivity index (χ4n) is 2.19. The Bertz CT molecular complexity index is 553. The predicted molar refractivity (Wildman–Crippen MR) is 70.0 cm³/mol. The lowest BCUT2D eigenvalue weighted by molar-refractivity contribution is 0.1000. The molecule has 0 unspecified atom stereocenters. The highest BCUT2D eigenvalue weighted by atomic mass is 16.1. The SMILES string of the molecule is CC1=NC(C)=C(c2ccc(C)cc2C(N)=O)C1. The maximum Gasteiger partial charge on any atom is 0.249 e. The molecule has 1 aliphatic heterocycles. The second-order valence-corrected chi connectivity index (χ2v) is 4.50. The van der Waals surface area contributed by atoms with Crippen LogP contribution in [0.3, 0.4) is 0 Å². The first-order chi connectivity index (χ1) is 7.99. The highest BCUT2D eigenvalue weighted by Crippen LogP contribution is 2.31. The van der Waals surface area contributed by atoms with Crippen molar-refractivity contribution in [3.63, 3.8) is 0 Å². The van der Waals surface area contributed by atoms with Crippen LogP contribution in [0.2, 0.25) is 0 Å². The number of amides is 1. The topological polar surface area (TPSA) is 55.4 Å². The summed E-state index contributed by atoms with van der Waals surface area (Å²) < 4.78 is 0. The fourth-order valence-corrected chi connectivity index (χ4v) is 2.19. The number of carbonyl (C=O) groups is 1. The van der Waals surface area contributed by atoms with Crippen molar-refractivity contribution in [1.82, 2.24) is 0 Å². The third-order valence-electron chi connectivity index (χ3n) is 2.99. The summed E-state index contributed by atoms with van der Waals surface area (Å²) in [5.74, 6) is -0.381. The zero-order chi connectivity index (χ0) is 12.6. The molecule has 1 aromatic carbocycles. The molecule has 2 N–H and O–H groups in total. The molecule has 1 aliphatic rings. The summed E-state index contributed by atoms with van der Waals surface area (Å²) in [6.45, 7) is 5.92. The van der Waals surface area contributed by atoms with Crippen LogP contribution in [0.5, 0.6) is 0 Å². The lowest BCUT2D eigenvalue weighted by Gasteiger charge is -2.09. The van der Waals surface area contributed by atoms with Crippen LogP contribution in [-0.4, -0.2) is 11.6 Å². The number of aryl methyl sites for hydroxylation is 1. The maximum atomic E-state index is 11.5. The molecule has 1 amide bonds. The minimum absolute atomic E-state index is 0.381. The van der Waals surface area contributed by atoms with Gasteiger partial charge in [-0.2, -0.15) is 0 Å². The van der Waals surface area contributed by atoms with Crippen LogP contribution in [0.25, 0.3) is 5.57 Å². The van der Waals surface area contributed by atoms with Crippen molar-refractivity contribution < 1.29 is 4.79 Å². The van der Waals surface area contributed by atoms with Crippen LogP contribution in [0.15, 0.2) is 28.9 Å². The Kier molecular flexibility index (Phi) is 2.84. The molecule has 0 saturated carbocycles. The molecule has 0 radical (unpaired) electrons. The van der Waals surface area contributed by atoms with Gasteiger partial charge >= 0.3 is 0 Å². The summed E-state index contributed by atoms with van der Waals surface area (Å²) in [6, 6.07) is 5.80. The second kappa shape index (κ2) is 4.17. The maximum absolute atomic E-state index is 11.5. The Morgan fingerprint density at radius 2 is 2.00 bits per heavy atom. The third kappa shape index (κ3) is 2.13. The van der Waals surface area contributed by atoms with E-state index in [9.17, 15) is 4.79 Å². The first kappa shape index (κ1) is 11.6. The molecular formula is C14H16N2O. The van der Waals surface area contributed by atoms with Gasteiger partial charge in [-0.3, -0.25) is 9.79 Å². The van der Waals surface area contributed by atoms with Gasteiger partial charge in [0.2, 0.25) is 5.91 Å². The first-order valence-electron chi connectivity index (χ1n) is 5.64. The van der Waals surface area contributed by atoms with Crippen molar-refractivity contribution in [3.05, 3.63) is 40.6 Å². The van der Waals surface area contributed by atoms with E-state index in [0.717, 1.165) is 34.5 Å². The van der Waals surface area contributed by atoms with Gasteiger partial charge in [0.1, 0.15) is 0 Å². The number of nitrogens with zero attached hydrogens (tertiary/aromatic N) is 1. The number of carbonyl (C=O) groups excluding carboxylic acids is 1. The number of benzene rings is 1. The van der Waals surface area contributed by atoms with Crippen molar-refractivity contribution in [2.24, 2.45) is 10.7 Å². The Balaban J connectivity index is 2.54. The molecule has 0 aromatic heterocycles. The predicted octanol–water partition coefficient (Wildman–Crippen LogP) is 2.69. The molecule has 0 saturated heterocycles. The number of rotatable bonds is 2. The van der Waals surface area contributed by atoms with Gasteiger partial charge in [-0.05, 0) is 38.0 Å². The lowest BCUT2D eigenvalue weighted by Crippen LogP contribution is -2.14. The zero-order valence-electron chi connectivity index (χ0n) is 10.4. The molecule has 17 heavy (non-hydrogen) atoms. The second-order valence-electron chi connectivity index (χ2n) is 4.50. The van der Waals surface area contributed by atoms with Crippen molar-refractivity contribution in [2.45, 2.75) is 27.2 Å². The molecule has 0 atom stereocenters. The molecule has 3 heteroatoms. The highest BCUT2D eigenvalue weighted by molar-refractivity contribution is 6.04. The zero-order valence-corrected chi connectivity index (χ0v) is 10.4. The van der Waals surface area contributed by atoms with Gasteiger partial charge in [-0.25, -0.2) is 0 Å². The summed E-state index contributed by atoms with van der Waals surface area (Å²) in [4.78, 5) is 15.9.